The predicted molar refractivity (Wildman–Crippen MR) is 71.3 cm³/mol. The SMILES string of the molecule is CCC1CCCCN1C(=O)c1nn(CC)cc1N. The van der Waals surface area contributed by atoms with Gasteiger partial charge in [0, 0.05) is 25.3 Å². The third-order valence-corrected chi connectivity index (χ3v) is 3.68. The lowest BCUT2D eigenvalue weighted by Gasteiger charge is -2.34. The van der Waals surface area contributed by atoms with E-state index in [4.69, 9.17) is 5.73 Å². The highest BCUT2D eigenvalue weighted by atomic mass is 16.2. The molecule has 100 valence electrons. The summed E-state index contributed by atoms with van der Waals surface area (Å²) in [4.78, 5) is 14.4. The maximum Gasteiger partial charge on any atom is 0.276 e. The third kappa shape index (κ3) is 2.35. The molecular weight excluding hydrogens is 228 g/mol. The predicted octanol–water partition coefficient (Wildman–Crippen LogP) is 1.89. The lowest BCUT2D eigenvalue weighted by molar-refractivity contribution is 0.0602. The van der Waals surface area contributed by atoms with E-state index < -0.39 is 0 Å². The van der Waals surface area contributed by atoms with Crippen molar-refractivity contribution in [3.63, 3.8) is 0 Å². The van der Waals surface area contributed by atoms with E-state index in [0.29, 0.717) is 17.4 Å². The van der Waals surface area contributed by atoms with Crippen LogP contribution in [0.4, 0.5) is 5.69 Å². The van der Waals surface area contributed by atoms with Crippen LogP contribution in [0.5, 0.6) is 0 Å². The molecule has 1 saturated heterocycles. The molecule has 1 aromatic rings. The summed E-state index contributed by atoms with van der Waals surface area (Å²) < 4.78 is 1.72. The molecule has 2 rings (SSSR count). The molecular formula is C13H22N4O. The van der Waals surface area contributed by atoms with Crippen LogP contribution in [0, 0.1) is 0 Å². The van der Waals surface area contributed by atoms with Gasteiger partial charge in [0.05, 0.1) is 5.69 Å². The lowest BCUT2D eigenvalue weighted by atomic mass is 9.99. The molecule has 0 bridgehead atoms. The minimum Gasteiger partial charge on any atom is -0.396 e. The highest BCUT2D eigenvalue weighted by Crippen LogP contribution is 2.23. The average molecular weight is 250 g/mol. The zero-order valence-corrected chi connectivity index (χ0v) is 11.2. The van der Waals surface area contributed by atoms with Crippen LogP contribution in [0.2, 0.25) is 0 Å². The number of anilines is 1. The van der Waals surface area contributed by atoms with Crippen LogP contribution >= 0.6 is 0 Å². The molecule has 0 radical (unpaired) electrons. The third-order valence-electron chi connectivity index (χ3n) is 3.68. The molecule has 1 amide bonds. The molecule has 5 nitrogen and oxygen atoms in total. The van der Waals surface area contributed by atoms with Gasteiger partial charge in [0.1, 0.15) is 0 Å². The lowest BCUT2D eigenvalue weighted by Crippen LogP contribution is -2.43. The molecule has 0 saturated carbocycles. The Morgan fingerprint density at radius 1 is 1.50 bits per heavy atom. The number of likely N-dealkylation sites (tertiary alicyclic amines) is 1. The first-order valence-corrected chi connectivity index (χ1v) is 6.81. The summed E-state index contributed by atoms with van der Waals surface area (Å²) in [6.45, 7) is 5.67. The standard InChI is InChI=1S/C13H22N4O/c1-3-10-7-5-6-8-17(10)13(18)12-11(14)9-16(4-2)15-12/h9-10H,3-8,14H2,1-2H3. The summed E-state index contributed by atoms with van der Waals surface area (Å²) in [5.74, 6) is -0.00810. The summed E-state index contributed by atoms with van der Waals surface area (Å²) in [7, 11) is 0. The van der Waals surface area contributed by atoms with Crippen molar-refractivity contribution in [1.29, 1.82) is 0 Å². The van der Waals surface area contributed by atoms with Crippen molar-refractivity contribution in [2.45, 2.75) is 52.1 Å². The number of nitrogens with two attached hydrogens (primary N) is 1. The monoisotopic (exact) mass is 250 g/mol. The summed E-state index contributed by atoms with van der Waals surface area (Å²) in [5, 5.41) is 4.27. The topological polar surface area (TPSA) is 64.2 Å². The van der Waals surface area contributed by atoms with Crippen LogP contribution in [0.25, 0.3) is 0 Å². The Morgan fingerprint density at radius 3 is 2.89 bits per heavy atom. The number of nitrogen functional groups attached to an aromatic ring is 1. The van der Waals surface area contributed by atoms with E-state index in [0.717, 1.165) is 32.4 Å². The van der Waals surface area contributed by atoms with Gasteiger partial charge in [-0.15, -0.1) is 0 Å². The first-order chi connectivity index (χ1) is 8.67. The van der Waals surface area contributed by atoms with Crippen molar-refractivity contribution in [2.75, 3.05) is 12.3 Å². The highest BCUT2D eigenvalue weighted by molar-refractivity contribution is 5.97. The number of piperidine rings is 1. The Morgan fingerprint density at radius 2 is 2.28 bits per heavy atom. The molecule has 1 aliphatic rings. The van der Waals surface area contributed by atoms with Gasteiger partial charge < -0.3 is 10.6 Å². The first-order valence-electron chi connectivity index (χ1n) is 6.81. The van der Waals surface area contributed by atoms with Gasteiger partial charge in [-0.2, -0.15) is 5.10 Å². The second-order valence-corrected chi connectivity index (χ2v) is 4.85. The zero-order chi connectivity index (χ0) is 13.1. The van der Waals surface area contributed by atoms with Gasteiger partial charge in [-0.05, 0) is 32.6 Å². The van der Waals surface area contributed by atoms with Crippen molar-refractivity contribution in [3.05, 3.63) is 11.9 Å². The molecule has 2 heterocycles. The van der Waals surface area contributed by atoms with Crippen LogP contribution in [0.3, 0.4) is 0 Å². The largest absolute Gasteiger partial charge is 0.396 e. The molecule has 1 fully saturated rings. The molecule has 0 aliphatic carbocycles. The fourth-order valence-corrected chi connectivity index (χ4v) is 2.59. The van der Waals surface area contributed by atoms with Gasteiger partial charge in [0.15, 0.2) is 5.69 Å². The van der Waals surface area contributed by atoms with Crippen molar-refractivity contribution >= 4 is 11.6 Å². The number of aromatic nitrogens is 2. The number of aryl methyl sites for hydroxylation is 1. The summed E-state index contributed by atoms with van der Waals surface area (Å²) >= 11 is 0. The van der Waals surface area contributed by atoms with Gasteiger partial charge >= 0.3 is 0 Å². The first kappa shape index (κ1) is 12.9. The van der Waals surface area contributed by atoms with E-state index in [1.165, 1.54) is 6.42 Å². The van der Waals surface area contributed by atoms with Crippen LogP contribution in [0.1, 0.15) is 50.0 Å². The van der Waals surface area contributed by atoms with E-state index in [1.54, 1.807) is 10.9 Å². The van der Waals surface area contributed by atoms with Crippen LogP contribution in [-0.2, 0) is 6.54 Å². The number of nitrogens with zero attached hydrogens (tertiary/aromatic N) is 3. The fourth-order valence-electron chi connectivity index (χ4n) is 2.59. The van der Waals surface area contributed by atoms with Crippen molar-refractivity contribution in [2.24, 2.45) is 0 Å². The molecule has 2 N–H and O–H groups in total. The van der Waals surface area contributed by atoms with Crippen LogP contribution < -0.4 is 5.73 Å². The van der Waals surface area contributed by atoms with Gasteiger partial charge in [-0.3, -0.25) is 9.48 Å². The molecule has 1 aromatic heterocycles. The molecule has 1 unspecified atom stereocenters. The maximum absolute atomic E-state index is 12.5. The Labute approximate surface area is 108 Å². The van der Waals surface area contributed by atoms with Gasteiger partial charge in [0.2, 0.25) is 0 Å². The van der Waals surface area contributed by atoms with E-state index >= 15 is 0 Å². The van der Waals surface area contributed by atoms with Crippen molar-refractivity contribution in [1.82, 2.24) is 14.7 Å². The average Bonchev–Trinajstić information content (AvgIpc) is 2.79. The number of carbonyl (C=O) groups is 1. The van der Waals surface area contributed by atoms with Gasteiger partial charge in [0.25, 0.3) is 5.91 Å². The zero-order valence-electron chi connectivity index (χ0n) is 11.2. The smallest absolute Gasteiger partial charge is 0.276 e. The Bertz CT molecular complexity index is 427. The normalized spacial score (nSPS) is 20.1. The fraction of sp³-hybridized carbons (Fsp3) is 0.692. The highest BCUT2D eigenvalue weighted by Gasteiger charge is 2.28. The second-order valence-electron chi connectivity index (χ2n) is 4.85. The minimum atomic E-state index is -0.00810. The Hall–Kier alpha value is -1.52. The summed E-state index contributed by atoms with van der Waals surface area (Å²) in [6.07, 6.45) is 6.12. The van der Waals surface area contributed by atoms with Gasteiger partial charge in [-0.25, -0.2) is 0 Å². The molecule has 1 aliphatic heterocycles. The number of amides is 1. The van der Waals surface area contributed by atoms with E-state index in [2.05, 4.69) is 12.0 Å². The second kappa shape index (κ2) is 5.42. The minimum absolute atomic E-state index is 0.00810. The van der Waals surface area contributed by atoms with Crippen LogP contribution in [0.15, 0.2) is 6.20 Å². The van der Waals surface area contributed by atoms with E-state index in [9.17, 15) is 4.79 Å². The van der Waals surface area contributed by atoms with Gasteiger partial charge in [-0.1, -0.05) is 6.92 Å². The number of rotatable bonds is 3. The molecule has 5 heteroatoms. The Balaban J connectivity index is 2.20. The molecule has 0 aromatic carbocycles. The molecule has 1 atom stereocenters. The maximum atomic E-state index is 12.5. The molecule has 0 spiro atoms. The summed E-state index contributed by atoms with van der Waals surface area (Å²) in [5.41, 5.74) is 6.78. The molecule has 18 heavy (non-hydrogen) atoms. The number of hydrogen-bond acceptors (Lipinski definition) is 3. The van der Waals surface area contributed by atoms with Crippen molar-refractivity contribution in [3.8, 4) is 0 Å². The van der Waals surface area contributed by atoms with E-state index in [-0.39, 0.29) is 5.91 Å². The Kier molecular flexibility index (Phi) is 3.89. The van der Waals surface area contributed by atoms with E-state index in [1.807, 2.05) is 11.8 Å². The van der Waals surface area contributed by atoms with Crippen molar-refractivity contribution < 1.29 is 4.79 Å². The summed E-state index contributed by atoms with van der Waals surface area (Å²) in [6, 6.07) is 0.345. The number of carbonyl (C=O) groups excluding carboxylic acids is 1. The quantitative estimate of drug-likeness (QED) is 0.891. The van der Waals surface area contributed by atoms with Crippen LogP contribution in [-0.4, -0.2) is 33.2 Å². The number of hydrogen-bond donors (Lipinski definition) is 1.